The first-order chi connectivity index (χ1) is 8.53. The lowest BCUT2D eigenvalue weighted by Crippen LogP contribution is -2.18. The fourth-order valence-electron chi connectivity index (χ4n) is 1.73. The van der Waals surface area contributed by atoms with Crippen LogP contribution in [-0.2, 0) is 8.03 Å². The fourth-order valence-corrected chi connectivity index (χ4v) is 2.42. The van der Waals surface area contributed by atoms with Gasteiger partial charge in [-0.3, -0.25) is 4.79 Å². The third kappa shape index (κ3) is 2.54. The van der Waals surface area contributed by atoms with E-state index in [2.05, 4.69) is 31.9 Å². The highest BCUT2D eigenvalue weighted by Crippen LogP contribution is 2.43. The number of hydrogen-bond acceptors (Lipinski definition) is 1. The van der Waals surface area contributed by atoms with Gasteiger partial charge in [-0.2, -0.15) is 4.39 Å². The maximum Gasteiger partial charge on any atom is 0.333 e. The second-order valence-corrected chi connectivity index (χ2v) is 7.20. The summed E-state index contributed by atoms with van der Waals surface area (Å²) in [5, 5.41) is 0. The highest BCUT2D eigenvalue weighted by molar-refractivity contribution is 9.25. The normalized spacial score (nSPS) is 11.3. The number of alkyl halides is 2. The summed E-state index contributed by atoms with van der Waals surface area (Å²) >= 11 is 6.19. The van der Waals surface area contributed by atoms with Gasteiger partial charge in [-0.05, 0) is 16.7 Å². The summed E-state index contributed by atoms with van der Waals surface area (Å²) in [7, 11) is 0. The Morgan fingerprint density at radius 3 is 2.11 bits per heavy atom. The summed E-state index contributed by atoms with van der Waals surface area (Å²) in [4.78, 5) is 11.1. The summed E-state index contributed by atoms with van der Waals surface area (Å²) in [5.74, 6) is 0. The van der Waals surface area contributed by atoms with E-state index in [9.17, 15) is 9.18 Å². The van der Waals surface area contributed by atoms with Crippen LogP contribution < -0.4 is 0 Å². The van der Waals surface area contributed by atoms with Crippen molar-refractivity contribution in [3.8, 4) is 11.1 Å². The van der Waals surface area contributed by atoms with Crippen molar-refractivity contribution in [2.45, 2.75) is 3.23 Å². The molecule has 0 atom stereocenters. The van der Waals surface area contributed by atoms with Crippen molar-refractivity contribution in [1.29, 1.82) is 0 Å². The molecule has 92 valence electrons. The molecule has 0 aliphatic heterocycles. The van der Waals surface area contributed by atoms with Gasteiger partial charge in [0.05, 0.1) is 0 Å². The number of hydrogen-bond donors (Lipinski definition) is 0. The van der Waals surface area contributed by atoms with Crippen molar-refractivity contribution in [2.75, 3.05) is 0 Å². The van der Waals surface area contributed by atoms with Crippen LogP contribution in [0.3, 0.4) is 0 Å². The highest BCUT2D eigenvalue weighted by Gasteiger charge is 2.36. The lowest BCUT2D eigenvalue weighted by molar-refractivity contribution is -0.129. The van der Waals surface area contributed by atoms with Crippen LogP contribution in [0.1, 0.15) is 5.56 Å². The molecule has 2 aromatic rings. The molecule has 0 radical (unpaired) electrons. The fraction of sp³-hybridized carbons (Fsp3) is 0.0714. The third-order valence-corrected chi connectivity index (χ3v) is 4.07. The van der Waals surface area contributed by atoms with Crippen molar-refractivity contribution >= 4 is 37.9 Å². The molecule has 0 amide bonds. The molecule has 2 aromatic carbocycles. The van der Waals surface area contributed by atoms with Gasteiger partial charge >= 0.3 is 6.04 Å². The predicted molar refractivity (Wildman–Crippen MR) is 77.5 cm³/mol. The monoisotopic (exact) mass is 370 g/mol. The highest BCUT2D eigenvalue weighted by atomic mass is 79.9. The Morgan fingerprint density at radius 1 is 0.944 bits per heavy atom. The Morgan fingerprint density at radius 2 is 1.50 bits per heavy atom. The van der Waals surface area contributed by atoms with Crippen LogP contribution >= 0.6 is 31.9 Å². The molecule has 0 saturated carbocycles. The van der Waals surface area contributed by atoms with Gasteiger partial charge < -0.3 is 0 Å². The second kappa shape index (κ2) is 5.33. The van der Waals surface area contributed by atoms with Crippen LogP contribution in [0, 0.1) is 0 Å². The lowest BCUT2D eigenvalue weighted by Gasteiger charge is -2.19. The van der Waals surface area contributed by atoms with Gasteiger partial charge in [0.1, 0.15) is 0 Å². The minimum atomic E-state index is -1.49. The quantitative estimate of drug-likeness (QED) is 0.559. The summed E-state index contributed by atoms with van der Waals surface area (Å²) in [6, 6.07) is 15.2. The molecule has 18 heavy (non-hydrogen) atoms. The van der Waals surface area contributed by atoms with E-state index in [0.717, 1.165) is 11.1 Å². The van der Waals surface area contributed by atoms with Gasteiger partial charge in [0.15, 0.2) is 3.23 Å². The van der Waals surface area contributed by atoms with Crippen molar-refractivity contribution in [3.05, 3.63) is 60.2 Å². The van der Waals surface area contributed by atoms with E-state index in [1.807, 2.05) is 42.5 Å². The average molecular weight is 372 g/mol. The molecule has 0 aliphatic rings. The molecule has 0 bridgehead atoms. The lowest BCUT2D eigenvalue weighted by atomic mass is 9.98. The second-order valence-electron chi connectivity index (χ2n) is 3.76. The first kappa shape index (κ1) is 13.4. The number of benzene rings is 2. The van der Waals surface area contributed by atoms with E-state index in [0.29, 0.717) is 5.56 Å². The number of carbonyl (C=O) groups is 1. The molecule has 0 unspecified atom stereocenters. The summed E-state index contributed by atoms with van der Waals surface area (Å²) < 4.78 is 11.6. The summed E-state index contributed by atoms with van der Waals surface area (Å²) in [6.07, 6.45) is 0. The van der Waals surface area contributed by atoms with E-state index in [-0.39, 0.29) is 0 Å². The van der Waals surface area contributed by atoms with E-state index < -0.39 is 9.27 Å². The molecule has 0 aromatic heterocycles. The largest absolute Gasteiger partial charge is 0.333 e. The van der Waals surface area contributed by atoms with E-state index in [1.54, 1.807) is 12.1 Å². The first-order valence-corrected chi connectivity index (χ1v) is 6.85. The van der Waals surface area contributed by atoms with Crippen molar-refractivity contribution in [2.24, 2.45) is 0 Å². The van der Waals surface area contributed by atoms with Gasteiger partial charge in [0, 0.05) is 0 Å². The van der Waals surface area contributed by atoms with Crippen LogP contribution in [0.25, 0.3) is 11.1 Å². The Bertz CT molecular complexity index is 567. The molecule has 0 saturated heterocycles. The molecule has 0 fully saturated rings. The molecule has 0 N–H and O–H groups in total. The Kier molecular flexibility index (Phi) is 3.97. The predicted octanol–water partition coefficient (Wildman–Crippen LogP) is 4.79. The van der Waals surface area contributed by atoms with Crippen LogP contribution in [-0.4, -0.2) is 6.04 Å². The SMILES string of the molecule is O=C(F)C(Br)(Br)c1ccccc1-c1ccccc1. The topological polar surface area (TPSA) is 17.1 Å². The zero-order chi connectivity index (χ0) is 13.2. The molecule has 4 heteroatoms. The molecule has 0 aliphatic carbocycles. The van der Waals surface area contributed by atoms with Gasteiger partial charge in [-0.15, -0.1) is 0 Å². The average Bonchev–Trinajstić information content (AvgIpc) is 2.39. The third-order valence-electron chi connectivity index (χ3n) is 2.60. The van der Waals surface area contributed by atoms with Gasteiger partial charge in [-0.25, -0.2) is 0 Å². The number of halogens is 3. The molecule has 0 heterocycles. The maximum absolute atomic E-state index is 13.1. The first-order valence-electron chi connectivity index (χ1n) is 5.26. The zero-order valence-corrected chi connectivity index (χ0v) is 12.4. The van der Waals surface area contributed by atoms with Crippen LogP contribution in [0.4, 0.5) is 4.39 Å². The van der Waals surface area contributed by atoms with Crippen LogP contribution in [0.2, 0.25) is 0 Å². The smallest absolute Gasteiger partial charge is 0.258 e. The van der Waals surface area contributed by atoms with Gasteiger partial charge in [-0.1, -0.05) is 86.5 Å². The standard InChI is InChI=1S/C14H9Br2FO/c15-14(16,13(17)18)12-9-5-4-8-11(12)10-6-2-1-3-7-10/h1-9H. The van der Waals surface area contributed by atoms with Crippen molar-refractivity contribution < 1.29 is 9.18 Å². The molecular formula is C14H9Br2FO. The van der Waals surface area contributed by atoms with Gasteiger partial charge in [0.25, 0.3) is 0 Å². The van der Waals surface area contributed by atoms with E-state index in [1.165, 1.54) is 0 Å². The van der Waals surface area contributed by atoms with Crippen LogP contribution in [0.15, 0.2) is 54.6 Å². The van der Waals surface area contributed by atoms with E-state index in [4.69, 9.17) is 0 Å². The summed E-state index contributed by atoms with van der Waals surface area (Å²) in [5.41, 5.74) is 2.28. The number of rotatable bonds is 3. The molecule has 1 nitrogen and oxygen atoms in total. The Labute approximate surface area is 121 Å². The molecule has 0 spiro atoms. The summed E-state index contributed by atoms with van der Waals surface area (Å²) in [6.45, 7) is 0. The minimum absolute atomic E-state index is 0.545. The van der Waals surface area contributed by atoms with Crippen molar-refractivity contribution in [3.63, 3.8) is 0 Å². The van der Waals surface area contributed by atoms with E-state index >= 15 is 0 Å². The zero-order valence-electron chi connectivity index (χ0n) is 9.24. The molecular weight excluding hydrogens is 363 g/mol. The van der Waals surface area contributed by atoms with Crippen molar-refractivity contribution in [1.82, 2.24) is 0 Å². The molecule has 2 rings (SSSR count). The van der Waals surface area contributed by atoms with Gasteiger partial charge in [0.2, 0.25) is 0 Å². The Hall–Kier alpha value is -1.00. The maximum atomic E-state index is 13.1. The Balaban J connectivity index is 2.61. The van der Waals surface area contributed by atoms with Crippen LogP contribution in [0.5, 0.6) is 0 Å². The number of carbonyl (C=O) groups excluding carboxylic acids is 1. The minimum Gasteiger partial charge on any atom is -0.258 e.